The first-order chi connectivity index (χ1) is 24.3. The van der Waals surface area contributed by atoms with Crippen LogP contribution in [-0.4, -0.2) is 67.1 Å². The number of hydrogen-bond acceptors (Lipinski definition) is 8. The predicted octanol–water partition coefficient (Wildman–Crippen LogP) is 5.54. The summed E-state index contributed by atoms with van der Waals surface area (Å²) in [6.45, 7) is 7.50. The highest BCUT2D eigenvalue weighted by Crippen LogP contribution is 2.24. The maximum Gasteiger partial charge on any atom is 0.452 e. The summed E-state index contributed by atoms with van der Waals surface area (Å²) in [7, 11) is 1.41. The standard InChI is InChI=1S/C37H41ClF3N3O8/c1-21(2)30(32(46)37(39,40)41)43-35(49)31(23-12-16-26(50-6)17-13-23)44-34(48)28(42-33(47)24-8-7-9-25(38)19-24)18-22-10-14-27(15-11-22)51-20-29(45)52-36(3,4)5/h7-17,19,21,28,30-31H,18,20H2,1-6H3,(H,42,47)(H,43,49)(H,44,48)/t28-,30-,31-/m0/s1. The monoisotopic (exact) mass is 747 g/mol. The lowest BCUT2D eigenvalue weighted by Gasteiger charge is -2.27. The number of carbonyl (C=O) groups excluding carboxylic acids is 5. The summed E-state index contributed by atoms with van der Waals surface area (Å²) < 4.78 is 56.2. The molecule has 0 saturated heterocycles. The number of carbonyl (C=O) groups is 5. The van der Waals surface area contributed by atoms with Gasteiger partial charge in [-0.05, 0) is 80.3 Å². The molecule has 0 aromatic heterocycles. The number of hydrogen-bond donors (Lipinski definition) is 3. The van der Waals surface area contributed by atoms with E-state index in [2.05, 4.69) is 16.0 Å². The van der Waals surface area contributed by atoms with Crippen molar-refractivity contribution in [1.82, 2.24) is 16.0 Å². The van der Waals surface area contributed by atoms with E-state index in [0.29, 0.717) is 17.1 Å². The molecular weight excluding hydrogens is 707 g/mol. The van der Waals surface area contributed by atoms with Gasteiger partial charge in [-0.2, -0.15) is 13.2 Å². The number of rotatable bonds is 15. The Kier molecular flexibility index (Phi) is 14.2. The fourth-order valence-corrected chi connectivity index (χ4v) is 5.03. The van der Waals surface area contributed by atoms with Crippen LogP contribution in [0, 0.1) is 5.92 Å². The largest absolute Gasteiger partial charge is 0.497 e. The number of esters is 1. The van der Waals surface area contributed by atoms with Crippen LogP contribution in [0.4, 0.5) is 13.2 Å². The Morgan fingerprint density at radius 3 is 1.96 bits per heavy atom. The smallest absolute Gasteiger partial charge is 0.452 e. The van der Waals surface area contributed by atoms with Crippen molar-refractivity contribution < 1.29 is 51.4 Å². The van der Waals surface area contributed by atoms with Crippen molar-refractivity contribution in [3.05, 3.63) is 94.5 Å². The number of alkyl halides is 3. The van der Waals surface area contributed by atoms with E-state index in [-0.39, 0.29) is 29.2 Å². The summed E-state index contributed by atoms with van der Waals surface area (Å²) >= 11 is 6.07. The molecule has 0 fully saturated rings. The third kappa shape index (κ3) is 12.6. The van der Waals surface area contributed by atoms with Crippen LogP contribution in [0.1, 0.15) is 62.1 Å². The van der Waals surface area contributed by atoms with E-state index < -0.39 is 65.3 Å². The van der Waals surface area contributed by atoms with Gasteiger partial charge in [-0.25, -0.2) is 4.79 Å². The summed E-state index contributed by atoms with van der Waals surface area (Å²) in [5.74, 6) is -5.61. The molecule has 0 aliphatic heterocycles. The fraction of sp³-hybridized carbons (Fsp3) is 0.378. The molecule has 0 heterocycles. The zero-order chi connectivity index (χ0) is 38.8. The van der Waals surface area contributed by atoms with E-state index >= 15 is 0 Å². The maximum absolute atomic E-state index is 14.0. The molecule has 15 heteroatoms. The van der Waals surface area contributed by atoms with Gasteiger partial charge in [0, 0.05) is 17.0 Å². The molecule has 0 bridgehead atoms. The minimum absolute atomic E-state index is 0.122. The Balaban J connectivity index is 1.93. The van der Waals surface area contributed by atoms with E-state index in [1.165, 1.54) is 57.4 Å². The highest BCUT2D eigenvalue weighted by molar-refractivity contribution is 6.31. The van der Waals surface area contributed by atoms with Crippen LogP contribution in [0.2, 0.25) is 5.02 Å². The van der Waals surface area contributed by atoms with Crippen molar-refractivity contribution in [2.75, 3.05) is 13.7 Å². The Morgan fingerprint density at radius 1 is 0.808 bits per heavy atom. The molecule has 0 saturated carbocycles. The molecular formula is C37H41ClF3N3O8. The highest BCUT2D eigenvalue weighted by atomic mass is 35.5. The molecule has 3 atom stereocenters. The summed E-state index contributed by atoms with van der Waals surface area (Å²) in [5.41, 5.74) is 0.113. The molecule has 280 valence electrons. The molecule has 3 aromatic rings. The van der Waals surface area contributed by atoms with Gasteiger partial charge in [0.15, 0.2) is 6.61 Å². The fourth-order valence-electron chi connectivity index (χ4n) is 4.84. The number of amides is 3. The second-order valence-electron chi connectivity index (χ2n) is 13.1. The van der Waals surface area contributed by atoms with E-state index in [1.807, 2.05) is 0 Å². The lowest BCUT2D eigenvalue weighted by Crippen LogP contribution is -2.55. The molecule has 3 amide bonds. The lowest BCUT2D eigenvalue weighted by molar-refractivity contribution is -0.175. The van der Waals surface area contributed by atoms with Gasteiger partial charge in [-0.3, -0.25) is 19.2 Å². The predicted molar refractivity (Wildman–Crippen MR) is 186 cm³/mol. The zero-order valence-electron chi connectivity index (χ0n) is 29.4. The molecule has 3 rings (SSSR count). The topological polar surface area (TPSA) is 149 Å². The Hall–Kier alpha value is -5.11. The zero-order valence-corrected chi connectivity index (χ0v) is 30.2. The summed E-state index contributed by atoms with van der Waals surface area (Å²) in [6, 6.07) is 13.2. The van der Waals surface area contributed by atoms with Crippen molar-refractivity contribution in [3.8, 4) is 11.5 Å². The summed E-state index contributed by atoms with van der Waals surface area (Å²) in [4.78, 5) is 65.2. The van der Waals surface area contributed by atoms with Crippen LogP contribution >= 0.6 is 11.6 Å². The van der Waals surface area contributed by atoms with Crippen LogP contribution in [0.5, 0.6) is 11.5 Å². The van der Waals surface area contributed by atoms with Crippen molar-refractivity contribution in [3.63, 3.8) is 0 Å². The van der Waals surface area contributed by atoms with Gasteiger partial charge in [0.2, 0.25) is 11.8 Å². The summed E-state index contributed by atoms with van der Waals surface area (Å²) in [6.07, 6.45) is -5.35. The molecule has 0 aliphatic rings. The Bertz CT molecular complexity index is 1730. The van der Waals surface area contributed by atoms with Gasteiger partial charge in [-0.1, -0.05) is 55.8 Å². The number of ketones is 1. The number of methoxy groups -OCH3 is 1. The third-order valence-electron chi connectivity index (χ3n) is 7.37. The van der Waals surface area contributed by atoms with E-state index in [0.717, 1.165) is 0 Å². The van der Waals surface area contributed by atoms with Gasteiger partial charge in [0.05, 0.1) is 13.2 Å². The molecule has 0 radical (unpaired) electrons. The van der Waals surface area contributed by atoms with Gasteiger partial charge in [0.25, 0.3) is 11.7 Å². The molecule has 0 aliphatic carbocycles. The number of nitrogens with one attached hydrogen (secondary N) is 3. The third-order valence-corrected chi connectivity index (χ3v) is 7.61. The van der Waals surface area contributed by atoms with Crippen molar-refractivity contribution >= 4 is 41.1 Å². The highest BCUT2D eigenvalue weighted by Gasteiger charge is 2.45. The van der Waals surface area contributed by atoms with Crippen LogP contribution in [0.25, 0.3) is 0 Å². The minimum atomic E-state index is -5.23. The van der Waals surface area contributed by atoms with E-state index in [4.69, 9.17) is 25.8 Å². The Labute approximate surface area is 304 Å². The van der Waals surface area contributed by atoms with Crippen LogP contribution < -0.4 is 25.4 Å². The van der Waals surface area contributed by atoms with Crippen LogP contribution in [0.3, 0.4) is 0 Å². The van der Waals surface area contributed by atoms with Crippen molar-refractivity contribution in [1.29, 1.82) is 0 Å². The quantitative estimate of drug-likeness (QED) is 0.172. The average Bonchev–Trinajstić information content (AvgIpc) is 3.07. The van der Waals surface area contributed by atoms with Crippen molar-refractivity contribution in [2.45, 2.75) is 70.9 Å². The second kappa shape index (κ2) is 17.9. The first-order valence-electron chi connectivity index (χ1n) is 16.1. The number of Topliss-reactive ketones (excluding diaryl/α,β-unsaturated/α-hetero) is 1. The molecule has 3 aromatic carbocycles. The number of halogens is 4. The van der Waals surface area contributed by atoms with Gasteiger partial charge < -0.3 is 30.2 Å². The number of benzene rings is 3. The SMILES string of the molecule is COc1ccc([C@H](NC(=O)[C@H](Cc2ccc(OCC(=O)OC(C)(C)C)cc2)NC(=O)c2cccc(Cl)c2)C(=O)N[C@H](C(=O)C(F)(F)F)C(C)C)cc1. The second-order valence-corrected chi connectivity index (χ2v) is 13.5. The van der Waals surface area contributed by atoms with Crippen molar-refractivity contribution in [2.24, 2.45) is 5.92 Å². The molecule has 3 N–H and O–H groups in total. The van der Waals surface area contributed by atoms with Gasteiger partial charge in [-0.15, -0.1) is 0 Å². The molecule has 52 heavy (non-hydrogen) atoms. The normalized spacial score (nSPS) is 13.3. The van der Waals surface area contributed by atoms with E-state index in [9.17, 15) is 37.1 Å². The van der Waals surface area contributed by atoms with E-state index in [1.54, 1.807) is 57.2 Å². The van der Waals surface area contributed by atoms with Gasteiger partial charge >= 0.3 is 12.1 Å². The minimum Gasteiger partial charge on any atom is -0.497 e. The lowest BCUT2D eigenvalue weighted by atomic mass is 9.97. The number of ether oxygens (including phenoxy) is 3. The first-order valence-corrected chi connectivity index (χ1v) is 16.5. The van der Waals surface area contributed by atoms with Crippen LogP contribution in [0.15, 0.2) is 72.8 Å². The summed E-state index contributed by atoms with van der Waals surface area (Å²) in [5, 5.41) is 7.60. The molecule has 11 nitrogen and oxygen atoms in total. The maximum atomic E-state index is 14.0. The first kappa shape index (κ1) is 41.3. The average molecular weight is 748 g/mol. The molecule has 0 unspecified atom stereocenters. The van der Waals surface area contributed by atoms with Crippen LogP contribution in [-0.2, 0) is 30.3 Å². The van der Waals surface area contributed by atoms with Gasteiger partial charge in [0.1, 0.15) is 29.2 Å². The Morgan fingerprint density at radius 2 is 1.42 bits per heavy atom. The molecule has 0 spiro atoms.